The van der Waals surface area contributed by atoms with Gasteiger partial charge in [0.25, 0.3) is 0 Å². The van der Waals surface area contributed by atoms with Crippen LogP contribution in [-0.4, -0.2) is 80.6 Å². The quantitative estimate of drug-likeness (QED) is 0.160. The number of rotatable bonds is 12. The zero-order chi connectivity index (χ0) is 30.5. The molecule has 0 atom stereocenters. The third kappa shape index (κ3) is 10.8. The molecule has 0 saturated heterocycles. The molecule has 0 unspecified atom stereocenters. The second kappa shape index (κ2) is 16.0. The number of thiocarbonyl (C=S) groups is 1. The molecule has 41 heavy (non-hydrogen) atoms. The van der Waals surface area contributed by atoms with Crippen molar-refractivity contribution in [2.24, 2.45) is 0 Å². The van der Waals surface area contributed by atoms with Crippen LogP contribution in [0.4, 0.5) is 0 Å². The maximum atomic E-state index is 10.3. The topological polar surface area (TPSA) is 159 Å². The minimum atomic E-state index is -2.74. The molecule has 1 aliphatic carbocycles. The van der Waals surface area contributed by atoms with Crippen molar-refractivity contribution < 1.29 is 34.8 Å². The van der Waals surface area contributed by atoms with Gasteiger partial charge in [0.05, 0.1) is 12.8 Å². The second-order valence-electron chi connectivity index (χ2n) is 10.5. The van der Waals surface area contributed by atoms with Crippen molar-refractivity contribution in [1.82, 2.24) is 15.5 Å². The van der Waals surface area contributed by atoms with Gasteiger partial charge in [0.1, 0.15) is 0 Å². The van der Waals surface area contributed by atoms with Crippen LogP contribution in [0.15, 0.2) is 60.7 Å². The summed E-state index contributed by atoms with van der Waals surface area (Å²) in [6.45, 7) is 0.916. The Labute approximate surface area is 246 Å². The summed E-state index contributed by atoms with van der Waals surface area (Å²) in [5.41, 5.74) is 0.221. The minimum Gasteiger partial charge on any atom is -0.481 e. The van der Waals surface area contributed by atoms with E-state index in [2.05, 4.69) is 90.3 Å². The average molecular weight is 588 g/mol. The Morgan fingerprint density at radius 2 is 1.44 bits per heavy atom. The first-order chi connectivity index (χ1) is 19.4. The van der Waals surface area contributed by atoms with Gasteiger partial charge in [-0.25, -0.2) is 4.79 Å². The lowest BCUT2D eigenvalue weighted by Gasteiger charge is -2.46. The first-order valence-corrected chi connectivity index (χ1v) is 14.0. The van der Waals surface area contributed by atoms with E-state index in [1.54, 1.807) is 0 Å². The molecular formula is C30H41N3O7S. The summed E-state index contributed by atoms with van der Waals surface area (Å²) in [7, 11) is 4.42. The van der Waals surface area contributed by atoms with Gasteiger partial charge in [0.2, 0.25) is 0 Å². The van der Waals surface area contributed by atoms with E-state index in [0.717, 1.165) is 50.2 Å². The lowest BCUT2D eigenvalue weighted by atomic mass is 9.74. The van der Waals surface area contributed by atoms with Crippen molar-refractivity contribution in [3.05, 3.63) is 71.8 Å². The molecule has 10 nitrogen and oxygen atoms in total. The molecule has 1 saturated carbocycles. The van der Waals surface area contributed by atoms with Crippen molar-refractivity contribution in [2.75, 3.05) is 20.6 Å². The van der Waals surface area contributed by atoms with Crippen molar-refractivity contribution in [3.8, 4) is 0 Å². The fourth-order valence-corrected chi connectivity index (χ4v) is 5.34. The van der Waals surface area contributed by atoms with Crippen molar-refractivity contribution in [3.63, 3.8) is 0 Å². The smallest absolute Gasteiger partial charge is 0.336 e. The summed E-state index contributed by atoms with van der Waals surface area (Å²) >= 11 is 5.53. The Hall–Kier alpha value is -3.54. The second-order valence-corrected chi connectivity index (χ2v) is 10.9. The molecule has 6 N–H and O–H groups in total. The van der Waals surface area contributed by atoms with Gasteiger partial charge >= 0.3 is 17.9 Å². The molecule has 1 fully saturated rings. The van der Waals surface area contributed by atoms with E-state index in [1.165, 1.54) is 11.1 Å². The van der Waals surface area contributed by atoms with E-state index in [9.17, 15) is 14.4 Å². The van der Waals surface area contributed by atoms with Crippen LogP contribution in [0.25, 0.3) is 0 Å². The standard InChI is InChI=1S/C24H33N3S.C6H8O7/c1-27(2)24(21-13-7-4-8-14-21)17-15-22(16-18-24)26-23(28)25-19-9-12-20-10-5-3-6-11-20;7-3(8)1-6(13,5(11)12)2-4(9)10/h3-8,10-11,13-14,22H,9,12,15-19H2,1-2H3,(H2,25,26,28);13H,1-2H2,(H,7,8)(H,9,10)(H,11,12). The number of carboxylic acids is 3. The van der Waals surface area contributed by atoms with Gasteiger partial charge in [-0.2, -0.15) is 0 Å². The largest absolute Gasteiger partial charge is 0.481 e. The Kier molecular flexibility index (Phi) is 13.2. The van der Waals surface area contributed by atoms with Crippen molar-refractivity contribution >= 4 is 35.2 Å². The molecule has 0 spiro atoms. The Morgan fingerprint density at radius 1 is 0.927 bits per heavy atom. The Bertz CT molecular complexity index is 1120. The number of benzene rings is 2. The third-order valence-corrected chi connectivity index (χ3v) is 7.63. The highest BCUT2D eigenvalue weighted by atomic mass is 32.1. The number of aliphatic hydroxyl groups is 1. The number of aliphatic carboxylic acids is 3. The SMILES string of the molecule is CN(C)C1(c2ccccc2)CCC(NC(=S)NCCCc2ccccc2)CC1.O=C(O)CC(O)(CC(=O)O)C(=O)O. The predicted octanol–water partition coefficient (Wildman–Crippen LogP) is 3.23. The van der Waals surface area contributed by atoms with E-state index < -0.39 is 36.4 Å². The maximum absolute atomic E-state index is 10.3. The fourth-order valence-electron chi connectivity index (χ4n) is 5.07. The zero-order valence-electron chi connectivity index (χ0n) is 23.6. The monoisotopic (exact) mass is 587 g/mol. The third-order valence-electron chi connectivity index (χ3n) is 7.37. The summed E-state index contributed by atoms with van der Waals surface area (Å²) in [5, 5.41) is 41.5. The molecule has 0 aliphatic heterocycles. The zero-order valence-corrected chi connectivity index (χ0v) is 24.4. The number of nitrogens with zero attached hydrogens (tertiary/aromatic N) is 1. The fraction of sp³-hybridized carbons (Fsp3) is 0.467. The molecule has 1 aliphatic rings. The first-order valence-electron chi connectivity index (χ1n) is 13.6. The highest BCUT2D eigenvalue weighted by Crippen LogP contribution is 2.41. The molecule has 11 heteroatoms. The molecule has 224 valence electrons. The summed E-state index contributed by atoms with van der Waals surface area (Å²) in [6, 6.07) is 22.0. The Morgan fingerprint density at radius 3 is 1.90 bits per heavy atom. The predicted molar refractivity (Wildman–Crippen MR) is 160 cm³/mol. The molecule has 0 aromatic heterocycles. The minimum absolute atomic E-state index is 0.143. The van der Waals surface area contributed by atoms with Gasteiger partial charge in [0.15, 0.2) is 10.7 Å². The van der Waals surface area contributed by atoms with Gasteiger partial charge in [-0.3, -0.25) is 14.5 Å². The van der Waals surface area contributed by atoms with E-state index in [4.69, 9.17) is 32.6 Å². The highest BCUT2D eigenvalue weighted by molar-refractivity contribution is 7.80. The summed E-state index contributed by atoms with van der Waals surface area (Å²) in [5.74, 6) is -5.02. The number of aryl methyl sites for hydroxylation is 1. The van der Waals surface area contributed by atoms with Crippen LogP contribution in [0.1, 0.15) is 56.1 Å². The van der Waals surface area contributed by atoms with E-state index in [0.29, 0.717) is 6.04 Å². The van der Waals surface area contributed by atoms with E-state index >= 15 is 0 Å². The number of carbonyl (C=O) groups is 3. The Balaban J connectivity index is 0.000000383. The lowest BCUT2D eigenvalue weighted by molar-refractivity contribution is -0.170. The molecule has 0 heterocycles. The normalized spacial score (nSPS) is 18.5. The van der Waals surface area contributed by atoms with Crippen LogP contribution in [0.2, 0.25) is 0 Å². The number of carboxylic acid groups (broad SMARTS) is 3. The van der Waals surface area contributed by atoms with Crippen LogP contribution in [0, 0.1) is 0 Å². The highest BCUT2D eigenvalue weighted by Gasteiger charge is 2.41. The van der Waals surface area contributed by atoms with Crippen LogP contribution >= 0.6 is 12.2 Å². The number of hydrogen-bond donors (Lipinski definition) is 6. The average Bonchev–Trinajstić information content (AvgIpc) is 2.92. The summed E-state index contributed by atoms with van der Waals surface area (Å²) in [6.07, 6.45) is 4.47. The molecule has 3 rings (SSSR count). The lowest BCUT2D eigenvalue weighted by Crippen LogP contribution is -2.50. The molecular weight excluding hydrogens is 546 g/mol. The van der Waals surface area contributed by atoms with Crippen molar-refractivity contribution in [1.29, 1.82) is 0 Å². The van der Waals surface area contributed by atoms with Gasteiger partial charge in [-0.1, -0.05) is 60.7 Å². The van der Waals surface area contributed by atoms with E-state index in [-0.39, 0.29) is 5.54 Å². The van der Waals surface area contributed by atoms with Crippen LogP contribution < -0.4 is 10.6 Å². The number of hydrogen-bond acceptors (Lipinski definition) is 6. The van der Waals surface area contributed by atoms with E-state index in [1.807, 2.05) is 0 Å². The van der Waals surface area contributed by atoms with Gasteiger partial charge in [-0.05, 0) is 76.0 Å². The molecule has 2 aromatic rings. The van der Waals surface area contributed by atoms with Crippen molar-refractivity contribution in [2.45, 2.75) is 68.5 Å². The molecule has 0 bridgehead atoms. The molecule has 2 aromatic carbocycles. The molecule has 0 radical (unpaired) electrons. The summed E-state index contributed by atoms with van der Waals surface area (Å²) < 4.78 is 0. The van der Waals surface area contributed by atoms with Gasteiger partial charge < -0.3 is 31.1 Å². The van der Waals surface area contributed by atoms with Gasteiger partial charge in [0, 0.05) is 18.1 Å². The molecule has 0 amide bonds. The number of nitrogens with one attached hydrogen (secondary N) is 2. The van der Waals surface area contributed by atoms with Crippen LogP contribution in [-0.2, 0) is 26.3 Å². The summed E-state index contributed by atoms with van der Waals surface area (Å²) in [4.78, 5) is 32.9. The van der Waals surface area contributed by atoms with Gasteiger partial charge in [-0.15, -0.1) is 0 Å². The van der Waals surface area contributed by atoms with Crippen LogP contribution in [0.5, 0.6) is 0 Å². The van der Waals surface area contributed by atoms with Crippen LogP contribution in [0.3, 0.4) is 0 Å². The first kappa shape index (κ1) is 33.7. The maximum Gasteiger partial charge on any atom is 0.336 e.